The number of aromatic nitrogens is 2. The molecule has 0 atom stereocenters. The minimum Gasteiger partial charge on any atom is -0.256 e. The summed E-state index contributed by atoms with van der Waals surface area (Å²) in [6.07, 6.45) is 3.43. The standard InChI is InChI=1S/C6H7N3S/c10-9-3-5-6(4-9)8-2-1-7-5/h1-2,10H,3-4H2. The fourth-order valence-corrected chi connectivity index (χ4v) is 1.33. The van der Waals surface area contributed by atoms with E-state index in [1.54, 1.807) is 12.4 Å². The molecule has 2 rings (SSSR count). The van der Waals surface area contributed by atoms with Crippen molar-refractivity contribution in [3.63, 3.8) is 0 Å². The van der Waals surface area contributed by atoms with E-state index in [1.807, 2.05) is 4.31 Å². The lowest BCUT2D eigenvalue weighted by Gasteiger charge is -1.99. The van der Waals surface area contributed by atoms with Crippen molar-refractivity contribution in [3.8, 4) is 0 Å². The summed E-state index contributed by atoms with van der Waals surface area (Å²) in [4.78, 5) is 8.31. The predicted molar refractivity (Wildman–Crippen MR) is 40.3 cm³/mol. The van der Waals surface area contributed by atoms with E-state index in [1.165, 1.54) is 0 Å². The molecule has 1 aliphatic rings. The summed E-state index contributed by atoms with van der Waals surface area (Å²) >= 11 is 4.19. The minimum atomic E-state index is 0.812. The lowest BCUT2D eigenvalue weighted by atomic mass is 10.4. The lowest BCUT2D eigenvalue weighted by molar-refractivity contribution is 0.510. The molecule has 3 nitrogen and oxygen atoms in total. The Morgan fingerprint density at radius 3 is 2.20 bits per heavy atom. The van der Waals surface area contributed by atoms with Gasteiger partial charge in [0.1, 0.15) is 0 Å². The highest BCUT2D eigenvalue weighted by molar-refractivity contribution is 7.77. The van der Waals surface area contributed by atoms with Crippen molar-refractivity contribution >= 4 is 12.8 Å². The Hall–Kier alpha value is -0.610. The van der Waals surface area contributed by atoms with Gasteiger partial charge in [-0.3, -0.25) is 9.97 Å². The molecule has 1 aromatic rings. The van der Waals surface area contributed by atoms with Gasteiger partial charge in [0.15, 0.2) is 0 Å². The molecule has 2 heterocycles. The van der Waals surface area contributed by atoms with Crippen LogP contribution in [0.1, 0.15) is 11.4 Å². The molecule has 0 fully saturated rings. The molecule has 52 valence electrons. The molecule has 1 aromatic heterocycles. The summed E-state index contributed by atoms with van der Waals surface area (Å²) in [6.45, 7) is 1.62. The Morgan fingerprint density at radius 1 is 1.20 bits per heavy atom. The second-order valence-electron chi connectivity index (χ2n) is 2.27. The van der Waals surface area contributed by atoms with Crippen molar-refractivity contribution < 1.29 is 0 Å². The maximum Gasteiger partial charge on any atom is 0.0782 e. The molecular formula is C6H7N3S. The van der Waals surface area contributed by atoms with Gasteiger partial charge < -0.3 is 0 Å². The zero-order valence-corrected chi connectivity index (χ0v) is 6.25. The molecule has 0 saturated carbocycles. The average Bonchev–Trinajstić information content (AvgIpc) is 2.27. The monoisotopic (exact) mass is 153 g/mol. The van der Waals surface area contributed by atoms with Crippen LogP contribution in [-0.4, -0.2) is 14.3 Å². The Morgan fingerprint density at radius 2 is 1.70 bits per heavy atom. The maximum absolute atomic E-state index is 4.19. The third kappa shape index (κ3) is 0.892. The fraction of sp³-hybridized carbons (Fsp3) is 0.333. The first kappa shape index (κ1) is 6.12. The Bertz CT molecular complexity index is 226. The van der Waals surface area contributed by atoms with Gasteiger partial charge in [-0.2, -0.15) is 0 Å². The first-order chi connectivity index (χ1) is 4.86. The summed E-state index contributed by atoms with van der Waals surface area (Å²) in [6, 6.07) is 0. The average molecular weight is 153 g/mol. The minimum absolute atomic E-state index is 0.812. The van der Waals surface area contributed by atoms with Crippen LogP contribution < -0.4 is 0 Å². The van der Waals surface area contributed by atoms with Gasteiger partial charge in [0.25, 0.3) is 0 Å². The summed E-state index contributed by atoms with van der Waals surface area (Å²) in [5.41, 5.74) is 2.11. The second kappa shape index (κ2) is 2.21. The molecule has 0 unspecified atom stereocenters. The zero-order chi connectivity index (χ0) is 6.97. The van der Waals surface area contributed by atoms with Gasteiger partial charge in [-0.1, -0.05) is 12.8 Å². The first-order valence-electron chi connectivity index (χ1n) is 3.09. The van der Waals surface area contributed by atoms with Crippen molar-refractivity contribution in [2.75, 3.05) is 0 Å². The van der Waals surface area contributed by atoms with Gasteiger partial charge in [-0.25, -0.2) is 4.31 Å². The Balaban J connectivity index is 2.42. The van der Waals surface area contributed by atoms with Crippen molar-refractivity contribution in [1.82, 2.24) is 14.3 Å². The summed E-state index contributed by atoms with van der Waals surface area (Å²) in [5.74, 6) is 0. The molecule has 0 saturated heterocycles. The molecule has 10 heavy (non-hydrogen) atoms. The van der Waals surface area contributed by atoms with E-state index in [4.69, 9.17) is 0 Å². The van der Waals surface area contributed by atoms with Crippen LogP contribution in [-0.2, 0) is 13.1 Å². The zero-order valence-electron chi connectivity index (χ0n) is 5.36. The van der Waals surface area contributed by atoms with E-state index >= 15 is 0 Å². The van der Waals surface area contributed by atoms with Gasteiger partial charge in [-0.05, 0) is 0 Å². The number of nitrogens with zero attached hydrogens (tertiary/aromatic N) is 3. The van der Waals surface area contributed by atoms with Gasteiger partial charge in [0, 0.05) is 12.4 Å². The summed E-state index contributed by atoms with van der Waals surface area (Å²) in [7, 11) is 0. The van der Waals surface area contributed by atoms with Crippen molar-refractivity contribution in [1.29, 1.82) is 0 Å². The van der Waals surface area contributed by atoms with Crippen LogP contribution in [0.5, 0.6) is 0 Å². The Labute approximate surface area is 64.6 Å². The molecule has 0 N–H and O–H groups in total. The fourth-order valence-electron chi connectivity index (χ4n) is 1.06. The molecule has 0 radical (unpaired) electrons. The molecule has 0 aromatic carbocycles. The van der Waals surface area contributed by atoms with E-state index in [-0.39, 0.29) is 0 Å². The molecular weight excluding hydrogens is 146 g/mol. The van der Waals surface area contributed by atoms with Crippen molar-refractivity contribution in [2.45, 2.75) is 13.1 Å². The van der Waals surface area contributed by atoms with Gasteiger partial charge in [-0.15, -0.1) is 0 Å². The van der Waals surface area contributed by atoms with Gasteiger partial charge >= 0.3 is 0 Å². The van der Waals surface area contributed by atoms with E-state index in [0.29, 0.717) is 0 Å². The van der Waals surface area contributed by atoms with Crippen LogP contribution >= 0.6 is 12.8 Å². The van der Waals surface area contributed by atoms with Crippen LogP contribution in [0.25, 0.3) is 0 Å². The number of thiol groups is 1. The van der Waals surface area contributed by atoms with Crippen LogP contribution in [0.2, 0.25) is 0 Å². The highest BCUT2D eigenvalue weighted by Gasteiger charge is 2.17. The van der Waals surface area contributed by atoms with E-state index < -0.39 is 0 Å². The lowest BCUT2D eigenvalue weighted by Crippen LogP contribution is -1.99. The van der Waals surface area contributed by atoms with E-state index in [2.05, 4.69) is 22.8 Å². The molecule has 4 heteroatoms. The SMILES string of the molecule is SN1Cc2nccnc2C1. The third-order valence-electron chi connectivity index (χ3n) is 1.53. The first-order valence-corrected chi connectivity index (χ1v) is 3.49. The molecule has 0 aliphatic carbocycles. The smallest absolute Gasteiger partial charge is 0.0782 e. The second-order valence-corrected chi connectivity index (χ2v) is 2.84. The Kier molecular flexibility index (Phi) is 1.35. The number of hydrogen-bond acceptors (Lipinski definition) is 4. The molecule has 0 spiro atoms. The predicted octanol–water partition coefficient (Wildman–Crippen LogP) is 0.637. The van der Waals surface area contributed by atoms with Gasteiger partial charge in [0.2, 0.25) is 0 Å². The van der Waals surface area contributed by atoms with Crippen LogP contribution in [0.15, 0.2) is 12.4 Å². The largest absolute Gasteiger partial charge is 0.256 e. The van der Waals surface area contributed by atoms with Gasteiger partial charge in [0.05, 0.1) is 24.5 Å². The number of hydrogen-bond donors (Lipinski definition) is 1. The van der Waals surface area contributed by atoms with Crippen molar-refractivity contribution in [3.05, 3.63) is 23.8 Å². The van der Waals surface area contributed by atoms with Crippen LogP contribution in [0.3, 0.4) is 0 Å². The normalized spacial score (nSPS) is 17.3. The summed E-state index contributed by atoms with van der Waals surface area (Å²) in [5, 5.41) is 0. The van der Waals surface area contributed by atoms with E-state index in [0.717, 1.165) is 24.5 Å². The molecule has 0 amide bonds. The molecule has 1 aliphatic heterocycles. The third-order valence-corrected chi connectivity index (χ3v) is 1.81. The topological polar surface area (TPSA) is 29.0 Å². The number of rotatable bonds is 0. The quantitative estimate of drug-likeness (QED) is 0.554. The highest BCUT2D eigenvalue weighted by Crippen LogP contribution is 2.18. The molecule has 0 bridgehead atoms. The maximum atomic E-state index is 4.19. The van der Waals surface area contributed by atoms with Crippen molar-refractivity contribution in [2.24, 2.45) is 0 Å². The highest BCUT2D eigenvalue weighted by atomic mass is 32.1. The van der Waals surface area contributed by atoms with E-state index in [9.17, 15) is 0 Å². The van der Waals surface area contributed by atoms with Crippen LogP contribution in [0, 0.1) is 0 Å². The summed E-state index contributed by atoms with van der Waals surface area (Å²) < 4.78 is 1.89. The number of fused-ring (bicyclic) bond motifs is 1. The van der Waals surface area contributed by atoms with Crippen LogP contribution in [0.4, 0.5) is 0 Å².